The van der Waals surface area contributed by atoms with Gasteiger partial charge in [-0.15, -0.1) is 0 Å². The third kappa shape index (κ3) is 5.44. The van der Waals surface area contributed by atoms with Crippen molar-refractivity contribution in [3.8, 4) is 0 Å². The predicted octanol–water partition coefficient (Wildman–Crippen LogP) is 5.13. The van der Waals surface area contributed by atoms with Crippen LogP contribution in [0, 0.1) is 5.41 Å². The van der Waals surface area contributed by atoms with Crippen LogP contribution >= 0.6 is 0 Å². The van der Waals surface area contributed by atoms with Gasteiger partial charge in [0.2, 0.25) is 0 Å². The first-order chi connectivity index (χ1) is 5.84. The first kappa shape index (κ1) is 14.6. The first-order valence-corrected chi connectivity index (χ1v) is 8.82. The molecule has 0 aromatic heterocycles. The first-order valence-electron chi connectivity index (χ1n) is 5.62. The maximum absolute atomic E-state index is 2.43. The molecule has 0 bridgehead atoms. The van der Waals surface area contributed by atoms with Crippen molar-refractivity contribution >= 4 is 14.7 Å². The van der Waals surface area contributed by atoms with Crippen molar-refractivity contribution in [2.75, 3.05) is 0 Å². The average molecular weight is 260 g/mol. The third-order valence-corrected chi connectivity index (χ3v) is 11.7. The van der Waals surface area contributed by atoms with Gasteiger partial charge in [-0.05, 0) is 0 Å². The van der Waals surface area contributed by atoms with E-state index in [1.807, 2.05) is 0 Å². The molecule has 0 unspecified atom stereocenters. The molecule has 0 aromatic rings. The molecule has 0 radical (unpaired) electrons. The van der Waals surface area contributed by atoms with Crippen LogP contribution in [-0.2, 0) is 0 Å². The molecule has 86 valence electrons. The van der Waals surface area contributed by atoms with Crippen molar-refractivity contribution in [2.45, 2.75) is 75.9 Å². The van der Waals surface area contributed by atoms with Gasteiger partial charge in [0.1, 0.15) is 0 Å². The molecule has 0 saturated heterocycles. The molecule has 0 N–H and O–H groups in total. The maximum atomic E-state index is 2.43. The summed E-state index contributed by atoms with van der Waals surface area (Å²) < 4.78 is 1.11. The molecule has 0 aliphatic carbocycles. The monoisotopic (exact) mass is 260 g/mol. The Morgan fingerprint density at radius 1 is 0.643 bits per heavy atom. The zero-order valence-electron chi connectivity index (χ0n) is 11.7. The van der Waals surface area contributed by atoms with E-state index in [1.54, 1.807) is 0 Å². The Morgan fingerprint density at radius 2 is 0.929 bits per heavy atom. The van der Waals surface area contributed by atoms with Gasteiger partial charge >= 0.3 is 96.0 Å². The minimum absolute atomic E-state index is 0.501. The van der Waals surface area contributed by atoms with Crippen LogP contribution in [-0.4, -0.2) is 14.7 Å². The molecule has 0 spiro atoms. The van der Waals surface area contributed by atoms with Gasteiger partial charge in [-0.3, -0.25) is 0 Å². The van der Waals surface area contributed by atoms with Crippen LogP contribution in [0.4, 0.5) is 0 Å². The van der Waals surface area contributed by atoms with Crippen molar-refractivity contribution in [1.29, 1.82) is 0 Å². The van der Waals surface area contributed by atoms with E-state index in [1.165, 1.54) is 5.21 Å². The van der Waals surface area contributed by atoms with Gasteiger partial charge in [0.15, 0.2) is 0 Å². The molecular weight excluding hydrogens is 231 g/mol. The summed E-state index contributed by atoms with van der Waals surface area (Å²) in [7, 11) is 0. The number of hydrogen-bond donors (Lipinski definition) is 0. The minimum atomic E-state index is -0.811. The van der Waals surface area contributed by atoms with Crippen molar-refractivity contribution in [2.24, 2.45) is 5.41 Å². The summed E-state index contributed by atoms with van der Waals surface area (Å²) >= 11 is -0.811. The third-order valence-electron chi connectivity index (χ3n) is 2.25. The second-order valence-electron chi connectivity index (χ2n) is 7.49. The van der Waals surface area contributed by atoms with Crippen molar-refractivity contribution in [3.05, 3.63) is 0 Å². The van der Waals surface area contributed by atoms with E-state index in [0.29, 0.717) is 13.8 Å². The van der Waals surface area contributed by atoms with Crippen LogP contribution < -0.4 is 0 Å². The van der Waals surface area contributed by atoms with Gasteiger partial charge in [-0.1, -0.05) is 0 Å². The van der Waals surface area contributed by atoms with E-state index in [0.717, 1.165) is 0 Å². The SMILES string of the molecule is CC(C)(C)C[As](C(C)(C)C)C(C)(C)C. The van der Waals surface area contributed by atoms with Crippen LogP contribution in [0.1, 0.15) is 62.3 Å². The molecule has 0 saturated carbocycles. The van der Waals surface area contributed by atoms with Gasteiger partial charge in [-0.25, -0.2) is 0 Å². The van der Waals surface area contributed by atoms with Crippen LogP contribution in [0.2, 0.25) is 13.6 Å². The molecule has 0 heterocycles. The molecule has 0 rings (SSSR count). The van der Waals surface area contributed by atoms with Crippen LogP contribution in [0.3, 0.4) is 0 Å². The Labute approximate surface area is 96.1 Å². The predicted molar refractivity (Wildman–Crippen MR) is 69.4 cm³/mol. The zero-order chi connectivity index (χ0) is 11.8. The topological polar surface area (TPSA) is 0 Å². The van der Waals surface area contributed by atoms with Gasteiger partial charge < -0.3 is 0 Å². The van der Waals surface area contributed by atoms with E-state index in [9.17, 15) is 0 Å². The quantitative estimate of drug-likeness (QED) is 0.573. The van der Waals surface area contributed by atoms with Crippen LogP contribution in [0.15, 0.2) is 0 Å². The fraction of sp³-hybridized carbons (Fsp3) is 1.00. The molecule has 0 nitrogen and oxygen atoms in total. The Hall–Kier alpha value is 0.558. The van der Waals surface area contributed by atoms with E-state index in [2.05, 4.69) is 62.3 Å². The average Bonchev–Trinajstić information content (AvgIpc) is 1.75. The van der Waals surface area contributed by atoms with Crippen molar-refractivity contribution in [1.82, 2.24) is 0 Å². The second-order valence-corrected chi connectivity index (χ2v) is 15.6. The molecule has 0 aromatic carbocycles. The summed E-state index contributed by atoms with van der Waals surface area (Å²) in [6, 6.07) is 0. The van der Waals surface area contributed by atoms with Crippen LogP contribution in [0.5, 0.6) is 0 Å². The van der Waals surface area contributed by atoms with Gasteiger partial charge in [0.05, 0.1) is 0 Å². The molecule has 0 aliphatic heterocycles. The van der Waals surface area contributed by atoms with Gasteiger partial charge in [0, 0.05) is 0 Å². The summed E-state index contributed by atoms with van der Waals surface area (Å²) in [5.74, 6) is 0. The number of rotatable bonds is 1. The molecule has 14 heavy (non-hydrogen) atoms. The fourth-order valence-electron chi connectivity index (χ4n) is 1.95. The van der Waals surface area contributed by atoms with E-state index >= 15 is 0 Å². The summed E-state index contributed by atoms with van der Waals surface area (Å²) in [4.78, 5) is 0. The zero-order valence-corrected chi connectivity index (χ0v) is 13.5. The van der Waals surface area contributed by atoms with Crippen molar-refractivity contribution < 1.29 is 0 Å². The Balaban J connectivity index is 4.78. The van der Waals surface area contributed by atoms with Crippen LogP contribution in [0.25, 0.3) is 0 Å². The Bertz CT molecular complexity index is 159. The van der Waals surface area contributed by atoms with E-state index in [4.69, 9.17) is 0 Å². The Morgan fingerprint density at radius 3 is 1.00 bits per heavy atom. The van der Waals surface area contributed by atoms with Gasteiger partial charge in [-0.2, -0.15) is 0 Å². The molecule has 0 aliphatic rings. The fourth-order valence-corrected chi connectivity index (χ4v) is 10.2. The van der Waals surface area contributed by atoms with Crippen molar-refractivity contribution in [3.63, 3.8) is 0 Å². The molecule has 0 atom stereocenters. The second kappa shape index (κ2) is 4.20. The standard InChI is InChI=1S/C13H29As/c1-11(2,3)10-14(12(4,5)6)13(7,8)9/h10H2,1-9H3. The molecule has 0 fully saturated rings. The summed E-state index contributed by atoms with van der Waals surface area (Å²) in [6.45, 7) is 21.8. The normalized spacial score (nSPS) is 15.0. The van der Waals surface area contributed by atoms with E-state index in [-0.39, 0.29) is 0 Å². The summed E-state index contributed by atoms with van der Waals surface area (Å²) in [5.41, 5.74) is 0.501. The Kier molecular flexibility index (Phi) is 4.37. The molecule has 1 heteroatoms. The van der Waals surface area contributed by atoms with E-state index < -0.39 is 14.7 Å². The van der Waals surface area contributed by atoms with Gasteiger partial charge in [0.25, 0.3) is 0 Å². The molecule has 0 amide bonds. The summed E-state index contributed by atoms with van der Waals surface area (Å²) in [6.07, 6.45) is 0. The summed E-state index contributed by atoms with van der Waals surface area (Å²) in [5, 5.41) is 1.45. The molecular formula is C13H29As. The number of hydrogen-bond acceptors (Lipinski definition) is 0.